The summed E-state index contributed by atoms with van der Waals surface area (Å²) in [5, 5.41) is 12.6. The number of nitrogens with zero attached hydrogens (tertiary/aromatic N) is 1. The van der Waals surface area contributed by atoms with Gasteiger partial charge in [0.15, 0.2) is 0 Å². The highest BCUT2D eigenvalue weighted by Gasteiger charge is 2.46. The van der Waals surface area contributed by atoms with E-state index in [1.165, 1.54) is 47.4 Å². The highest BCUT2D eigenvalue weighted by Crippen LogP contribution is 2.41. The van der Waals surface area contributed by atoms with Crippen molar-refractivity contribution >= 4 is 51.6 Å². The van der Waals surface area contributed by atoms with Gasteiger partial charge >= 0.3 is 0 Å². The molecule has 4 aromatic rings. The monoisotopic (exact) mass is 538 g/mol. The van der Waals surface area contributed by atoms with Gasteiger partial charge in [-0.2, -0.15) is 0 Å². The summed E-state index contributed by atoms with van der Waals surface area (Å²) in [6, 6.07) is 14.6. The van der Waals surface area contributed by atoms with E-state index >= 15 is 0 Å². The number of hydrogen-bond donors (Lipinski definition) is 2. The maximum atomic E-state index is 13.7. The Morgan fingerprint density at radius 2 is 1.84 bits per heavy atom. The number of hydrogen-bond acceptors (Lipinski definition) is 4. The third kappa shape index (κ3) is 4.56. The van der Waals surface area contributed by atoms with Crippen LogP contribution in [0.25, 0.3) is 16.7 Å². The van der Waals surface area contributed by atoms with Crippen LogP contribution in [0.4, 0.5) is 4.39 Å². The molecule has 1 unspecified atom stereocenters. The second-order valence-electron chi connectivity index (χ2n) is 8.64. The summed E-state index contributed by atoms with van der Waals surface area (Å²) >= 11 is 12.3. The lowest BCUT2D eigenvalue weighted by molar-refractivity contribution is -0.139. The summed E-state index contributed by atoms with van der Waals surface area (Å²) in [7, 11) is 1.59. The molecule has 1 aliphatic rings. The number of H-pyrrole nitrogens is 1. The smallest absolute Gasteiger partial charge is 0.295 e. The molecule has 2 heterocycles. The van der Waals surface area contributed by atoms with Gasteiger partial charge in [-0.05, 0) is 66.1 Å². The maximum Gasteiger partial charge on any atom is 0.295 e. The number of likely N-dealkylation sites (tertiary alicyclic amines) is 1. The molecular weight excluding hydrogens is 518 g/mol. The highest BCUT2D eigenvalue weighted by molar-refractivity contribution is 6.47. The first-order valence-corrected chi connectivity index (χ1v) is 12.2. The molecule has 0 radical (unpaired) electrons. The molecule has 6 nitrogen and oxygen atoms in total. The second kappa shape index (κ2) is 9.92. The molecule has 0 bridgehead atoms. The topological polar surface area (TPSA) is 82.6 Å². The Morgan fingerprint density at radius 3 is 2.54 bits per heavy atom. The molecule has 0 saturated carbocycles. The molecule has 1 saturated heterocycles. The fourth-order valence-electron chi connectivity index (χ4n) is 4.66. The van der Waals surface area contributed by atoms with E-state index in [0.29, 0.717) is 22.8 Å². The van der Waals surface area contributed by atoms with E-state index in [1.54, 1.807) is 7.11 Å². The van der Waals surface area contributed by atoms with Gasteiger partial charge in [0.2, 0.25) is 0 Å². The van der Waals surface area contributed by atoms with Crippen LogP contribution in [0.5, 0.6) is 5.75 Å². The molecule has 2 N–H and O–H groups in total. The fraction of sp³-hybridized carbons (Fsp3) is 0.143. The third-order valence-electron chi connectivity index (χ3n) is 6.51. The zero-order valence-corrected chi connectivity index (χ0v) is 21.1. The summed E-state index contributed by atoms with van der Waals surface area (Å²) in [5.74, 6) is -1.81. The molecule has 0 spiro atoms. The summed E-state index contributed by atoms with van der Waals surface area (Å²) in [4.78, 5) is 31.1. The summed E-state index contributed by atoms with van der Waals surface area (Å²) in [6.45, 7) is 0.169. The van der Waals surface area contributed by atoms with Crippen molar-refractivity contribution in [1.82, 2.24) is 9.88 Å². The van der Waals surface area contributed by atoms with Crippen molar-refractivity contribution in [3.8, 4) is 5.75 Å². The molecule has 5 rings (SSSR count). The largest absolute Gasteiger partial charge is 0.507 e. The molecule has 3 aromatic carbocycles. The van der Waals surface area contributed by atoms with Gasteiger partial charge in [-0.25, -0.2) is 4.39 Å². The Hall–Kier alpha value is -3.81. The Morgan fingerprint density at radius 1 is 1.08 bits per heavy atom. The molecule has 1 aliphatic heterocycles. The van der Waals surface area contributed by atoms with Crippen molar-refractivity contribution < 1.29 is 23.8 Å². The molecular formula is C28H21Cl2FN2O4. The van der Waals surface area contributed by atoms with Crippen LogP contribution in [-0.4, -0.2) is 40.3 Å². The molecule has 1 atom stereocenters. The molecule has 9 heteroatoms. The number of rotatable bonds is 6. The minimum atomic E-state index is -0.938. The summed E-state index contributed by atoms with van der Waals surface area (Å²) in [5.41, 5.74) is 2.36. The molecule has 37 heavy (non-hydrogen) atoms. The van der Waals surface area contributed by atoms with Crippen LogP contribution in [0, 0.1) is 5.82 Å². The number of aromatic nitrogens is 1. The first-order chi connectivity index (χ1) is 17.8. The molecule has 1 aromatic heterocycles. The van der Waals surface area contributed by atoms with Gasteiger partial charge in [0.25, 0.3) is 11.7 Å². The lowest BCUT2D eigenvalue weighted by Gasteiger charge is -2.25. The van der Waals surface area contributed by atoms with Crippen molar-refractivity contribution in [2.24, 2.45) is 0 Å². The quantitative estimate of drug-likeness (QED) is 0.172. The molecule has 0 aliphatic carbocycles. The van der Waals surface area contributed by atoms with E-state index in [2.05, 4.69) is 4.98 Å². The van der Waals surface area contributed by atoms with Crippen molar-refractivity contribution in [2.45, 2.75) is 12.5 Å². The number of benzene rings is 3. The van der Waals surface area contributed by atoms with Crippen LogP contribution in [0.15, 0.2) is 72.4 Å². The summed E-state index contributed by atoms with van der Waals surface area (Å²) in [6.07, 6.45) is 2.26. The van der Waals surface area contributed by atoms with Crippen molar-refractivity contribution in [3.05, 3.63) is 105 Å². The van der Waals surface area contributed by atoms with Crippen LogP contribution in [0.3, 0.4) is 0 Å². The van der Waals surface area contributed by atoms with Gasteiger partial charge < -0.3 is 19.7 Å². The minimum Gasteiger partial charge on any atom is -0.507 e. The Kier molecular flexibility index (Phi) is 6.67. The molecule has 1 fully saturated rings. The van der Waals surface area contributed by atoms with Crippen LogP contribution in [0.2, 0.25) is 10.0 Å². The van der Waals surface area contributed by atoms with E-state index in [9.17, 15) is 19.1 Å². The average Bonchev–Trinajstić information content (AvgIpc) is 3.40. The van der Waals surface area contributed by atoms with Gasteiger partial charge in [-0.3, -0.25) is 9.59 Å². The molecule has 188 valence electrons. The standard InChI is InChI=1S/C28H21Cl2FN2O4/c1-37-19-7-9-23-21(13-19)16(14-32-23)10-11-33-25(15-2-5-18(31)6-3-15)24(27(35)28(33)36)26(34)20-8-4-17(29)12-22(20)30/h2-9,12-14,25,32,34H,10-11H2,1H3/b26-24-. The minimum absolute atomic E-state index is 0.124. The van der Waals surface area contributed by atoms with E-state index in [4.69, 9.17) is 27.9 Å². The lowest BCUT2D eigenvalue weighted by atomic mass is 9.95. The number of ketones is 1. The first kappa shape index (κ1) is 24.9. The number of halogens is 3. The van der Waals surface area contributed by atoms with E-state index in [-0.39, 0.29) is 22.7 Å². The average molecular weight is 539 g/mol. The molecule has 1 amide bonds. The van der Waals surface area contributed by atoms with Crippen LogP contribution in [0.1, 0.15) is 22.7 Å². The number of aromatic amines is 1. The number of aliphatic hydroxyl groups excluding tert-OH is 1. The predicted molar refractivity (Wildman–Crippen MR) is 140 cm³/mol. The number of carbonyl (C=O) groups is 2. The first-order valence-electron chi connectivity index (χ1n) is 11.4. The van der Waals surface area contributed by atoms with Gasteiger partial charge in [-0.15, -0.1) is 0 Å². The number of aliphatic hydroxyl groups is 1. The van der Waals surface area contributed by atoms with Crippen molar-refractivity contribution in [2.75, 3.05) is 13.7 Å². The Bertz CT molecular complexity index is 1560. The third-order valence-corrected chi connectivity index (χ3v) is 7.06. The second-order valence-corrected chi connectivity index (χ2v) is 9.49. The van der Waals surface area contributed by atoms with E-state index < -0.39 is 29.3 Å². The van der Waals surface area contributed by atoms with E-state index in [0.717, 1.165) is 16.5 Å². The number of fused-ring (bicyclic) bond motifs is 1. The summed E-state index contributed by atoms with van der Waals surface area (Å²) < 4.78 is 19.1. The highest BCUT2D eigenvalue weighted by atomic mass is 35.5. The van der Waals surface area contributed by atoms with Crippen LogP contribution >= 0.6 is 23.2 Å². The van der Waals surface area contributed by atoms with E-state index in [1.807, 2.05) is 24.4 Å². The van der Waals surface area contributed by atoms with Gasteiger partial charge in [-0.1, -0.05) is 35.3 Å². The number of nitrogens with one attached hydrogen (secondary N) is 1. The Balaban J connectivity index is 1.57. The number of ether oxygens (including phenoxy) is 1. The van der Waals surface area contributed by atoms with Crippen molar-refractivity contribution in [3.63, 3.8) is 0 Å². The zero-order valence-electron chi connectivity index (χ0n) is 19.6. The maximum absolute atomic E-state index is 13.7. The SMILES string of the molecule is COc1ccc2[nH]cc(CCN3C(=O)C(=O)/C(=C(\O)c4ccc(Cl)cc4Cl)C3c3ccc(F)cc3)c2c1. The van der Waals surface area contributed by atoms with Crippen LogP contribution in [-0.2, 0) is 16.0 Å². The number of Topliss-reactive ketones (excluding diaryl/α,β-unsaturated/α-hetero) is 1. The van der Waals surface area contributed by atoms with Crippen molar-refractivity contribution in [1.29, 1.82) is 0 Å². The number of methoxy groups -OCH3 is 1. The normalized spacial score (nSPS) is 17.1. The lowest BCUT2D eigenvalue weighted by Crippen LogP contribution is -2.31. The van der Waals surface area contributed by atoms with Gasteiger partial charge in [0.05, 0.1) is 23.7 Å². The number of amides is 1. The fourth-order valence-corrected chi connectivity index (χ4v) is 5.16. The number of carbonyl (C=O) groups excluding carboxylic acids is 2. The van der Waals surface area contributed by atoms with Gasteiger partial charge in [0, 0.05) is 34.2 Å². The Labute approximate surface area is 221 Å². The van der Waals surface area contributed by atoms with Gasteiger partial charge in [0.1, 0.15) is 17.3 Å². The zero-order chi connectivity index (χ0) is 26.3. The van der Waals surface area contributed by atoms with Crippen LogP contribution < -0.4 is 4.74 Å². The predicted octanol–water partition coefficient (Wildman–Crippen LogP) is 6.29.